The molecule has 2 atom stereocenters. The number of aliphatic hydroxyl groups is 2. The number of rotatable bonds is 6. The van der Waals surface area contributed by atoms with E-state index in [4.69, 9.17) is 0 Å². The Morgan fingerprint density at radius 2 is 1.06 bits per heavy atom. The lowest BCUT2D eigenvalue weighted by Crippen LogP contribution is -2.41. The fourth-order valence-electron chi connectivity index (χ4n) is 2.86. The Balaban J connectivity index is 1.68. The molecule has 32 heavy (non-hydrogen) atoms. The number of hydrogen-bond donors (Lipinski definition) is 2. The van der Waals surface area contributed by atoms with Crippen molar-refractivity contribution in [2.45, 2.75) is 11.8 Å². The number of hydrogen-bond acceptors (Lipinski definition) is 8. The van der Waals surface area contributed by atoms with Gasteiger partial charge in [-0.25, -0.2) is 0 Å². The van der Waals surface area contributed by atoms with Crippen molar-refractivity contribution in [2.75, 3.05) is 0 Å². The molecule has 0 spiro atoms. The summed E-state index contributed by atoms with van der Waals surface area (Å²) in [7, 11) is 0. The first-order valence-corrected chi connectivity index (χ1v) is 9.89. The minimum absolute atomic E-state index is 0.0767. The SMILES string of the molecule is OC1C(N=Nc2ccccc2)=CC(N=Nc2ccccc2)=CC1(O)N=Nc1ccccc1. The van der Waals surface area contributed by atoms with E-state index in [2.05, 4.69) is 30.7 Å². The molecule has 0 aromatic heterocycles. The third-order valence-corrected chi connectivity index (χ3v) is 4.49. The second kappa shape index (κ2) is 9.78. The van der Waals surface area contributed by atoms with Crippen LogP contribution in [0, 0.1) is 0 Å². The van der Waals surface area contributed by atoms with E-state index in [1.165, 1.54) is 12.2 Å². The maximum absolute atomic E-state index is 11.1. The third-order valence-electron chi connectivity index (χ3n) is 4.49. The van der Waals surface area contributed by atoms with Crippen molar-refractivity contribution in [2.24, 2.45) is 30.7 Å². The number of azo groups is 3. The summed E-state index contributed by atoms with van der Waals surface area (Å²) in [6, 6.07) is 27.1. The molecule has 2 N–H and O–H groups in total. The lowest BCUT2D eigenvalue weighted by Gasteiger charge is -2.27. The van der Waals surface area contributed by atoms with Gasteiger partial charge < -0.3 is 10.2 Å². The average Bonchev–Trinajstić information content (AvgIpc) is 2.85. The highest BCUT2D eigenvalue weighted by molar-refractivity contribution is 5.40. The molecule has 1 aliphatic carbocycles. The molecular weight excluding hydrogens is 404 g/mol. The van der Waals surface area contributed by atoms with Gasteiger partial charge >= 0.3 is 0 Å². The molecule has 1 aliphatic rings. The van der Waals surface area contributed by atoms with Crippen molar-refractivity contribution in [1.29, 1.82) is 0 Å². The Bertz CT molecular complexity index is 1190. The van der Waals surface area contributed by atoms with Crippen molar-refractivity contribution in [3.05, 3.63) is 115 Å². The summed E-state index contributed by atoms with van der Waals surface area (Å²) in [6.45, 7) is 0. The van der Waals surface area contributed by atoms with Gasteiger partial charge in [0.1, 0.15) is 0 Å². The van der Waals surface area contributed by atoms with Crippen molar-refractivity contribution in [3.8, 4) is 0 Å². The van der Waals surface area contributed by atoms with Gasteiger partial charge in [-0.2, -0.15) is 25.6 Å². The van der Waals surface area contributed by atoms with Crippen molar-refractivity contribution in [1.82, 2.24) is 0 Å². The zero-order valence-electron chi connectivity index (χ0n) is 17.0. The lowest BCUT2D eigenvalue weighted by molar-refractivity contribution is -0.0211. The normalized spacial score (nSPS) is 21.2. The molecule has 3 aromatic carbocycles. The van der Waals surface area contributed by atoms with Crippen LogP contribution in [0.3, 0.4) is 0 Å². The first kappa shape index (κ1) is 21.1. The van der Waals surface area contributed by atoms with Crippen LogP contribution in [0.15, 0.2) is 145 Å². The first-order valence-electron chi connectivity index (χ1n) is 9.89. The summed E-state index contributed by atoms with van der Waals surface area (Å²) >= 11 is 0. The van der Waals surface area contributed by atoms with Gasteiger partial charge in [0.15, 0.2) is 6.10 Å². The zero-order chi connectivity index (χ0) is 22.2. The highest BCUT2D eigenvalue weighted by Crippen LogP contribution is 2.32. The molecular formula is C24H20N6O2. The van der Waals surface area contributed by atoms with E-state index in [9.17, 15) is 10.2 Å². The smallest absolute Gasteiger partial charge is 0.230 e. The molecule has 8 nitrogen and oxygen atoms in total. The molecule has 0 bridgehead atoms. The zero-order valence-corrected chi connectivity index (χ0v) is 17.0. The molecule has 0 amide bonds. The molecule has 0 aliphatic heterocycles. The minimum Gasteiger partial charge on any atom is -0.381 e. The Labute approximate surface area is 184 Å². The molecule has 0 fully saturated rings. The van der Waals surface area contributed by atoms with E-state index in [1.54, 1.807) is 48.5 Å². The van der Waals surface area contributed by atoms with Gasteiger partial charge in [0.05, 0.1) is 28.5 Å². The second-order valence-corrected chi connectivity index (χ2v) is 6.93. The van der Waals surface area contributed by atoms with E-state index in [-0.39, 0.29) is 11.4 Å². The Morgan fingerprint density at radius 1 is 0.594 bits per heavy atom. The maximum Gasteiger partial charge on any atom is 0.230 e. The van der Waals surface area contributed by atoms with Gasteiger partial charge in [0.25, 0.3) is 0 Å². The van der Waals surface area contributed by atoms with Crippen LogP contribution in [-0.2, 0) is 0 Å². The molecule has 3 aromatic rings. The van der Waals surface area contributed by atoms with Crippen molar-refractivity contribution >= 4 is 17.1 Å². The summed E-state index contributed by atoms with van der Waals surface area (Å²) < 4.78 is 0. The monoisotopic (exact) mass is 424 g/mol. The standard InChI is InChI=1S/C24H20N6O2/c31-23-22(29-26-19-12-6-2-7-13-19)16-21(27-25-18-10-4-1-5-11-18)17-24(23,32)30-28-20-14-8-3-9-15-20/h1-17,23,31-32H. The molecule has 0 radical (unpaired) electrons. The van der Waals surface area contributed by atoms with Gasteiger partial charge in [-0.05, 0) is 42.5 Å². The average molecular weight is 424 g/mol. The molecule has 0 heterocycles. The molecule has 158 valence electrons. The van der Waals surface area contributed by atoms with E-state index in [0.717, 1.165) is 0 Å². The quantitative estimate of drug-likeness (QED) is 0.461. The third kappa shape index (κ3) is 5.31. The van der Waals surface area contributed by atoms with Gasteiger partial charge in [-0.1, -0.05) is 54.6 Å². The fourth-order valence-corrected chi connectivity index (χ4v) is 2.86. The number of aliphatic hydroxyl groups excluding tert-OH is 1. The maximum atomic E-state index is 11.1. The van der Waals surface area contributed by atoms with Crippen LogP contribution in [0.4, 0.5) is 17.1 Å². The topological polar surface area (TPSA) is 115 Å². The van der Waals surface area contributed by atoms with Crippen molar-refractivity contribution in [3.63, 3.8) is 0 Å². The van der Waals surface area contributed by atoms with Crippen molar-refractivity contribution < 1.29 is 10.2 Å². The van der Waals surface area contributed by atoms with E-state index < -0.39 is 11.8 Å². The summed E-state index contributed by atoms with van der Waals surface area (Å²) in [4.78, 5) is 0. The highest BCUT2D eigenvalue weighted by atomic mass is 16.4. The Hall–Kier alpha value is -4.14. The predicted octanol–water partition coefficient (Wildman–Crippen LogP) is 6.17. The van der Waals surface area contributed by atoms with Crippen LogP contribution < -0.4 is 0 Å². The summed E-state index contributed by atoms with van der Waals surface area (Å²) in [5.41, 5.74) is -0.00724. The fraction of sp³-hybridized carbons (Fsp3) is 0.0833. The number of nitrogens with zero attached hydrogens (tertiary/aromatic N) is 6. The predicted molar refractivity (Wildman–Crippen MR) is 120 cm³/mol. The van der Waals surface area contributed by atoms with Gasteiger partial charge in [-0.15, -0.1) is 5.11 Å². The largest absolute Gasteiger partial charge is 0.381 e. The van der Waals surface area contributed by atoms with Crippen LogP contribution in [0.1, 0.15) is 0 Å². The Morgan fingerprint density at radius 3 is 1.59 bits per heavy atom. The van der Waals surface area contributed by atoms with Crippen LogP contribution in [0.5, 0.6) is 0 Å². The van der Waals surface area contributed by atoms with Crippen LogP contribution in [0.2, 0.25) is 0 Å². The van der Waals surface area contributed by atoms with Crippen LogP contribution >= 0.6 is 0 Å². The molecule has 0 saturated heterocycles. The molecule has 0 saturated carbocycles. The van der Waals surface area contributed by atoms with E-state index >= 15 is 0 Å². The van der Waals surface area contributed by atoms with E-state index in [0.29, 0.717) is 17.1 Å². The minimum atomic E-state index is -2.10. The summed E-state index contributed by atoms with van der Waals surface area (Å²) in [5, 5.41) is 46.6. The lowest BCUT2D eigenvalue weighted by atomic mass is 9.97. The van der Waals surface area contributed by atoms with Crippen LogP contribution in [-0.4, -0.2) is 22.0 Å². The second-order valence-electron chi connectivity index (χ2n) is 6.93. The van der Waals surface area contributed by atoms with Gasteiger partial charge in [-0.3, -0.25) is 0 Å². The molecule has 2 unspecified atom stereocenters. The first-order chi connectivity index (χ1) is 15.6. The number of benzene rings is 3. The summed E-state index contributed by atoms with van der Waals surface area (Å²) in [5.74, 6) is 0. The Kier molecular flexibility index (Phi) is 6.45. The summed E-state index contributed by atoms with van der Waals surface area (Å²) in [6.07, 6.45) is 1.28. The molecule has 4 rings (SSSR count). The molecule has 8 heteroatoms. The van der Waals surface area contributed by atoms with Gasteiger partial charge in [0.2, 0.25) is 5.72 Å². The van der Waals surface area contributed by atoms with E-state index in [1.807, 2.05) is 42.5 Å². The highest BCUT2D eigenvalue weighted by Gasteiger charge is 2.40. The number of allylic oxidation sites excluding steroid dienone is 1. The van der Waals surface area contributed by atoms with Gasteiger partial charge in [0, 0.05) is 6.08 Å². The van der Waals surface area contributed by atoms with Crippen LogP contribution in [0.25, 0.3) is 0 Å².